The van der Waals surface area contributed by atoms with Gasteiger partial charge in [-0.2, -0.15) is 0 Å². The van der Waals surface area contributed by atoms with Crippen LogP contribution in [0.25, 0.3) is 0 Å². The molecular weight excluding hydrogens is 344 g/mol. The average molecular weight is 353 g/mol. The van der Waals surface area contributed by atoms with E-state index in [1.54, 1.807) is 18.3 Å². The van der Waals surface area contributed by atoms with Gasteiger partial charge in [0.1, 0.15) is 0 Å². The van der Waals surface area contributed by atoms with Crippen LogP contribution in [-0.4, -0.2) is 21.4 Å². The summed E-state index contributed by atoms with van der Waals surface area (Å²) in [6.07, 6.45) is 1.65. The summed E-state index contributed by atoms with van der Waals surface area (Å²) >= 11 is 4.58. The van der Waals surface area contributed by atoms with Gasteiger partial charge in [0, 0.05) is 28.4 Å². The zero-order valence-electron chi connectivity index (χ0n) is 10.2. The van der Waals surface area contributed by atoms with Crippen molar-refractivity contribution in [3.8, 4) is 0 Å². The lowest BCUT2D eigenvalue weighted by Gasteiger charge is -2.01. The van der Waals surface area contributed by atoms with Crippen LogP contribution in [0.1, 0.15) is 10.4 Å². The Hall–Kier alpha value is -1.73. The Labute approximate surface area is 127 Å². The van der Waals surface area contributed by atoms with E-state index in [-0.39, 0.29) is 17.2 Å². The molecule has 2 aromatic rings. The molecular formula is C13H9BrN2O3S. The fourth-order valence-electron chi connectivity index (χ4n) is 1.46. The van der Waals surface area contributed by atoms with Gasteiger partial charge in [0.2, 0.25) is 0 Å². The first-order valence-electron chi connectivity index (χ1n) is 5.58. The maximum absolute atomic E-state index is 12.0. The highest BCUT2D eigenvalue weighted by atomic mass is 79.9. The predicted octanol–water partition coefficient (Wildman–Crippen LogP) is 3.73. The average Bonchev–Trinajstić information content (AvgIpc) is 2.46. The molecule has 0 radical (unpaired) electrons. The molecule has 102 valence electrons. The van der Waals surface area contributed by atoms with Gasteiger partial charge in [0.15, 0.2) is 5.78 Å². The minimum Gasteiger partial charge on any atom is -0.293 e. The summed E-state index contributed by atoms with van der Waals surface area (Å²) in [6, 6.07) is 9.37. The van der Waals surface area contributed by atoms with Crippen LogP contribution in [0.15, 0.2) is 52.1 Å². The van der Waals surface area contributed by atoms with E-state index < -0.39 is 4.92 Å². The van der Waals surface area contributed by atoms with Gasteiger partial charge in [-0.15, -0.1) is 0 Å². The number of nitro benzene ring substituents is 1. The van der Waals surface area contributed by atoms with E-state index in [4.69, 9.17) is 0 Å². The molecule has 1 heterocycles. The molecule has 0 atom stereocenters. The Kier molecular flexibility index (Phi) is 4.86. The molecule has 0 saturated carbocycles. The Morgan fingerprint density at radius 1 is 1.35 bits per heavy atom. The van der Waals surface area contributed by atoms with Gasteiger partial charge in [-0.05, 0) is 28.1 Å². The Morgan fingerprint density at radius 3 is 2.80 bits per heavy atom. The van der Waals surface area contributed by atoms with Crippen molar-refractivity contribution in [2.24, 2.45) is 0 Å². The molecule has 2 rings (SSSR count). The van der Waals surface area contributed by atoms with Gasteiger partial charge in [-0.1, -0.05) is 23.9 Å². The SMILES string of the molecule is O=C(CSc1ccc(Br)cn1)c1cccc([N+](=O)[O-])c1. The molecule has 7 heteroatoms. The molecule has 0 saturated heterocycles. The number of halogens is 1. The summed E-state index contributed by atoms with van der Waals surface area (Å²) in [7, 11) is 0. The maximum atomic E-state index is 12.0. The van der Waals surface area contributed by atoms with Crippen molar-refractivity contribution < 1.29 is 9.72 Å². The van der Waals surface area contributed by atoms with Crippen LogP contribution < -0.4 is 0 Å². The quantitative estimate of drug-likeness (QED) is 0.354. The molecule has 0 aliphatic heterocycles. The summed E-state index contributed by atoms with van der Waals surface area (Å²) in [5, 5.41) is 11.4. The van der Waals surface area contributed by atoms with E-state index in [1.165, 1.54) is 30.0 Å². The molecule has 0 bridgehead atoms. The first-order valence-corrected chi connectivity index (χ1v) is 7.36. The number of aromatic nitrogens is 1. The number of nitro groups is 1. The van der Waals surface area contributed by atoms with Crippen molar-refractivity contribution in [3.63, 3.8) is 0 Å². The van der Waals surface area contributed by atoms with E-state index >= 15 is 0 Å². The molecule has 1 aromatic carbocycles. The molecule has 0 aliphatic rings. The third-order valence-corrected chi connectivity index (χ3v) is 3.84. The minimum absolute atomic E-state index is 0.0809. The molecule has 0 unspecified atom stereocenters. The summed E-state index contributed by atoms with van der Waals surface area (Å²) < 4.78 is 0.867. The first-order chi connectivity index (χ1) is 9.56. The number of carbonyl (C=O) groups excluding carboxylic acids is 1. The normalized spacial score (nSPS) is 10.2. The van der Waals surface area contributed by atoms with Gasteiger partial charge in [-0.25, -0.2) is 4.98 Å². The maximum Gasteiger partial charge on any atom is 0.270 e. The third-order valence-electron chi connectivity index (χ3n) is 2.43. The fraction of sp³-hybridized carbons (Fsp3) is 0.0769. The van der Waals surface area contributed by atoms with E-state index in [0.29, 0.717) is 5.56 Å². The van der Waals surface area contributed by atoms with Gasteiger partial charge in [-0.3, -0.25) is 14.9 Å². The molecule has 0 spiro atoms. The van der Waals surface area contributed by atoms with Crippen molar-refractivity contribution >= 4 is 39.2 Å². The number of non-ortho nitro benzene ring substituents is 1. The Bertz CT molecular complexity index is 646. The van der Waals surface area contributed by atoms with Crippen LogP contribution in [-0.2, 0) is 0 Å². The molecule has 1 aromatic heterocycles. The predicted molar refractivity (Wildman–Crippen MR) is 80.1 cm³/mol. The number of hydrogen-bond donors (Lipinski definition) is 0. The van der Waals surface area contributed by atoms with Crippen LogP contribution >= 0.6 is 27.7 Å². The van der Waals surface area contributed by atoms with Gasteiger partial charge >= 0.3 is 0 Å². The van der Waals surface area contributed by atoms with Crippen LogP contribution in [0.5, 0.6) is 0 Å². The smallest absolute Gasteiger partial charge is 0.270 e. The van der Waals surface area contributed by atoms with Crippen LogP contribution in [0.4, 0.5) is 5.69 Å². The van der Waals surface area contributed by atoms with Crippen molar-refractivity contribution in [1.82, 2.24) is 4.98 Å². The largest absolute Gasteiger partial charge is 0.293 e. The Morgan fingerprint density at radius 2 is 2.15 bits per heavy atom. The Balaban J connectivity index is 2.03. The lowest BCUT2D eigenvalue weighted by molar-refractivity contribution is -0.384. The molecule has 0 fully saturated rings. The lowest BCUT2D eigenvalue weighted by Crippen LogP contribution is -2.03. The first kappa shape index (κ1) is 14.7. The number of rotatable bonds is 5. The number of nitrogens with zero attached hydrogens (tertiary/aromatic N) is 2. The fourth-order valence-corrected chi connectivity index (χ4v) is 2.44. The summed E-state index contributed by atoms with van der Waals surface area (Å²) in [4.78, 5) is 26.3. The van der Waals surface area contributed by atoms with Gasteiger partial charge in [0.25, 0.3) is 5.69 Å². The molecule has 0 N–H and O–H groups in total. The lowest BCUT2D eigenvalue weighted by atomic mass is 10.1. The van der Waals surface area contributed by atoms with Crippen LogP contribution in [0, 0.1) is 10.1 Å². The summed E-state index contributed by atoms with van der Waals surface area (Å²) in [5.74, 6) is 0.0268. The van der Waals surface area contributed by atoms with E-state index in [1.807, 2.05) is 6.07 Å². The highest BCUT2D eigenvalue weighted by molar-refractivity contribution is 9.10. The number of thioether (sulfide) groups is 1. The van der Waals surface area contributed by atoms with E-state index in [0.717, 1.165) is 9.50 Å². The van der Waals surface area contributed by atoms with E-state index in [2.05, 4.69) is 20.9 Å². The standard InChI is InChI=1S/C13H9BrN2O3S/c14-10-4-5-13(15-7-10)20-8-12(17)9-2-1-3-11(6-9)16(18)19/h1-7H,8H2. The van der Waals surface area contributed by atoms with Gasteiger partial charge < -0.3 is 0 Å². The number of carbonyl (C=O) groups is 1. The van der Waals surface area contributed by atoms with Crippen LogP contribution in [0.3, 0.4) is 0 Å². The molecule has 20 heavy (non-hydrogen) atoms. The summed E-state index contributed by atoms with van der Waals surface area (Å²) in [6.45, 7) is 0. The number of pyridine rings is 1. The molecule has 5 nitrogen and oxygen atoms in total. The topological polar surface area (TPSA) is 73.1 Å². The second-order valence-electron chi connectivity index (χ2n) is 3.83. The van der Waals surface area contributed by atoms with Crippen molar-refractivity contribution in [2.45, 2.75) is 5.03 Å². The highest BCUT2D eigenvalue weighted by Gasteiger charge is 2.12. The van der Waals surface area contributed by atoms with Crippen LogP contribution in [0.2, 0.25) is 0 Å². The molecule has 0 aliphatic carbocycles. The van der Waals surface area contributed by atoms with Crippen molar-refractivity contribution in [2.75, 3.05) is 5.75 Å². The summed E-state index contributed by atoms with van der Waals surface area (Å²) in [5.41, 5.74) is 0.256. The number of hydrogen-bond acceptors (Lipinski definition) is 5. The van der Waals surface area contributed by atoms with Gasteiger partial charge in [0.05, 0.1) is 15.7 Å². The highest BCUT2D eigenvalue weighted by Crippen LogP contribution is 2.20. The van der Waals surface area contributed by atoms with Crippen molar-refractivity contribution in [3.05, 3.63) is 62.7 Å². The van der Waals surface area contributed by atoms with E-state index in [9.17, 15) is 14.9 Å². The number of benzene rings is 1. The molecule has 0 amide bonds. The third kappa shape index (κ3) is 3.88. The number of ketones is 1. The minimum atomic E-state index is -0.514. The zero-order valence-corrected chi connectivity index (χ0v) is 12.6. The second-order valence-corrected chi connectivity index (χ2v) is 5.75. The van der Waals surface area contributed by atoms with Crippen molar-refractivity contribution in [1.29, 1.82) is 0 Å². The monoisotopic (exact) mass is 352 g/mol. The second kappa shape index (κ2) is 6.62. The number of Topliss-reactive ketones (excluding diaryl/α,β-unsaturated/α-hetero) is 1. The zero-order chi connectivity index (χ0) is 14.5.